The lowest BCUT2D eigenvalue weighted by atomic mass is 9.99. The van der Waals surface area contributed by atoms with Crippen LogP contribution in [0, 0.1) is 0 Å². The molecule has 0 amide bonds. The van der Waals surface area contributed by atoms with Crippen molar-refractivity contribution < 1.29 is 28.4 Å². The van der Waals surface area contributed by atoms with Crippen LogP contribution in [0.2, 0.25) is 0 Å². The van der Waals surface area contributed by atoms with Gasteiger partial charge < -0.3 is 24.1 Å². The van der Waals surface area contributed by atoms with Gasteiger partial charge in [-0.3, -0.25) is 0 Å². The number of alkyl halides is 2. The van der Waals surface area contributed by atoms with Crippen molar-refractivity contribution in [3.63, 3.8) is 0 Å². The van der Waals surface area contributed by atoms with Crippen LogP contribution in [0.25, 0.3) is 0 Å². The highest BCUT2D eigenvalue weighted by Gasteiger charge is 2.50. The third-order valence-corrected chi connectivity index (χ3v) is 3.88. The molecule has 0 saturated carbocycles. The molecule has 3 rings (SSSR count). The Balaban J connectivity index is 1.67. The molecule has 1 aromatic rings. The first-order chi connectivity index (χ1) is 10.7. The number of ether oxygens (including phenoxy) is 4. The zero-order chi connectivity index (χ0) is 15.5. The van der Waals surface area contributed by atoms with Gasteiger partial charge in [-0.1, -0.05) is 30.3 Å². The van der Waals surface area contributed by atoms with Gasteiger partial charge in [0.25, 0.3) is 0 Å². The summed E-state index contributed by atoms with van der Waals surface area (Å²) in [5.74, 6) is 0.222. The maximum Gasteiger partial charge on any atom is 0.192 e. The van der Waals surface area contributed by atoms with E-state index >= 15 is 0 Å². The number of hydrogen-bond acceptors (Lipinski definition) is 5. The van der Waals surface area contributed by atoms with Crippen molar-refractivity contribution in [1.82, 2.24) is 0 Å². The van der Waals surface area contributed by atoms with Gasteiger partial charge in [-0.25, -0.2) is 4.39 Å². The molecule has 1 aromatic carbocycles. The first kappa shape index (κ1) is 16.1. The lowest BCUT2D eigenvalue weighted by Gasteiger charge is -2.45. The van der Waals surface area contributed by atoms with Gasteiger partial charge in [0.2, 0.25) is 0 Å². The van der Waals surface area contributed by atoms with Crippen LogP contribution >= 0.6 is 11.6 Å². The van der Waals surface area contributed by atoms with Crippen molar-refractivity contribution in [3.8, 4) is 0 Å². The zero-order valence-electron chi connectivity index (χ0n) is 11.8. The molecule has 7 heteroatoms. The molecule has 2 saturated heterocycles. The molecule has 6 atom stereocenters. The molecule has 0 unspecified atom stereocenters. The van der Waals surface area contributed by atoms with Crippen LogP contribution < -0.4 is 0 Å². The van der Waals surface area contributed by atoms with Gasteiger partial charge in [-0.15, -0.1) is 11.6 Å². The van der Waals surface area contributed by atoms with Crippen molar-refractivity contribution in [2.24, 2.45) is 0 Å². The summed E-state index contributed by atoms with van der Waals surface area (Å²) in [7, 11) is 0. The minimum absolute atomic E-state index is 0.144. The van der Waals surface area contributed by atoms with E-state index in [-0.39, 0.29) is 19.1 Å². The number of halogens is 2. The van der Waals surface area contributed by atoms with Crippen LogP contribution in [0.15, 0.2) is 30.3 Å². The highest BCUT2D eigenvalue weighted by Crippen LogP contribution is 2.35. The molecule has 5 nitrogen and oxygen atoms in total. The maximum atomic E-state index is 14.2. The molecule has 0 aliphatic carbocycles. The lowest BCUT2D eigenvalue weighted by Crippen LogP contribution is -2.61. The van der Waals surface area contributed by atoms with E-state index in [1.807, 2.05) is 30.3 Å². The third-order valence-electron chi connectivity index (χ3n) is 3.72. The van der Waals surface area contributed by atoms with Gasteiger partial charge in [0, 0.05) is 11.4 Å². The van der Waals surface area contributed by atoms with E-state index < -0.39 is 37.1 Å². The third kappa shape index (κ3) is 3.27. The number of aliphatic hydroxyl groups excluding tert-OH is 1. The molecule has 0 bridgehead atoms. The van der Waals surface area contributed by atoms with Crippen LogP contribution in [0.3, 0.4) is 0 Å². The van der Waals surface area contributed by atoms with Crippen molar-refractivity contribution in [3.05, 3.63) is 35.9 Å². The number of hydrogen-bond donors (Lipinski definition) is 1. The van der Waals surface area contributed by atoms with Crippen LogP contribution in [-0.2, 0) is 18.9 Å². The van der Waals surface area contributed by atoms with Gasteiger partial charge in [0.15, 0.2) is 18.8 Å². The smallest absolute Gasteiger partial charge is 0.192 e. The number of aliphatic hydroxyl groups is 1. The predicted octanol–water partition coefficient (Wildman–Crippen LogP) is 1.78. The van der Waals surface area contributed by atoms with E-state index in [0.29, 0.717) is 0 Å². The largest absolute Gasteiger partial charge is 0.387 e. The number of rotatable bonds is 4. The second-order valence-electron chi connectivity index (χ2n) is 5.21. The average molecular weight is 333 g/mol. The fraction of sp³-hybridized carbons (Fsp3) is 0.600. The zero-order valence-corrected chi connectivity index (χ0v) is 12.6. The highest BCUT2D eigenvalue weighted by atomic mass is 35.5. The summed E-state index contributed by atoms with van der Waals surface area (Å²) >= 11 is 5.51. The summed E-state index contributed by atoms with van der Waals surface area (Å²) in [5.41, 5.74) is 0.809. The Morgan fingerprint density at radius 3 is 2.77 bits per heavy atom. The van der Waals surface area contributed by atoms with E-state index in [9.17, 15) is 9.50 Å². The normalized spacial score (nSPS) is 38.5. The Labute approximate surface area is 132 Å². The van der Waals surface area contributed by atoms with Gasteiger partial charge in [-0.2, -0.15) is 0 Å². The van der Waals surface area contributed by atoms with Crippen LogP contribution in [0.4, 0.5) is 4.39 Å². The van der Waals surface area contributed by atoms with Crippen molar-refractivity contribution in [2.45, 2.75) is 37.1 Å². The summed E-state index contributed by atoms with van der Waals surface area (Å²) in [6.45, 7) is 0.333. The van der Waals surface area contributed by atoms with Crippen molar-refractivity contribution in [1.29, 1.82) is 0 Å². The highest BCUT2D eigenvalue weighted by molar-refractivity contribution is 6.17. The van der Waals surface area contributed by atoms with E-state index in [0.717, 1.165) is 5.56 Å². The summed E-state index contributed by atoms with van der Waals surface area (Å²) in [6.07, 6.45) is -6.22. The Morgan fingerprint density at radius 1 is 1.27 bits per heavy atom. The molecule has 1 N–H and O–H groups in total. The number of fused-ring (bicyclic) bond motifs is 1. The first-order valence-corrected chi connectivity index (χ1v) is 7.71. The monoisotopic (exact) mass is 332 g/mol. The minimum Gasteiger partial charge on any atom is -0.387 e. The Kier molecular flexibility index (Phi) is 5.28. The quantitative estimate of drug-likeness (QED) is 0.852. The van der Waals surface area contributed by atoms with E-state index in [4.69, 9.17) is 30.5 Å². The fourth-order valence-corrected chi connectivity index (χ4v) is 2.72. The van der Waals surface area contributed by atoms with Crippen molar-refractivity contribution in [2.75, 3.05) is 19.1 Å². The molecule has 122 valence electrons. The van der Waals surface area contributed by atoms with Gasteiger partial charge in [0.1, 0.15) is 18.3 Å². The summed E-state index contributed by atoms with van der Waals surface area (Å²) in [5, 5.41) is 10.2. The van der Waals surface area contributed by atoms with E-state index in [1.54, 1.807) is 0 Å². The lowest BCUT2D eigenvalue weighted by molar-refractivity contribution is -0.352. The molecule has 2 fully saturated rings. The van der Waals surface area contributed by atoms with Crippen LogP contribution in [0.1, 0.15) is 11.9 Å². The predicted molar refractivity (Wildman–Crippen MR) is 76.2 cm³/mol. The summed E-state index contributed by atoms with van der Waals surface area (Å²) in [6, 6.07) is 9.29. The second kappa shape index (κ2) is 7.21. The van der Waals surface area contributed by atoms with Gasteiger partial charge in [0.05, 0.1) is 13.2 Å². The molecule has 22 heavy (non-hydrogen) atoms. The molecular weight excluding hydrogens is 315 g/mol. The minimum atomic E-state index is -1.70. The average Bonchev–Trinajstić information content (AvgIpc) is 2.57. The van der Waals surface area contributed by atoms with Crippen LogP contribution in [0.5, 0.6) is 0 Å². The summed E-state index contributed by atoms with van der Waals surface area (Å²) in [4.78, 5) is 0. The molecule has 2 aliphatic rings. The Bertz CT molecular complexity index is 474. The first-order valence-electron chi connectivity index (χ1n) is 7.18. The maximum absolute atomic E-state index is 14.2. The SMILES string of the molecule is O[C@@H]1[C@@H](F)[C@H](OCCCl)O[C@@H]2CO[C@@H](c3ccccc3)O[C@@H]12. The van der Waals surface area contributed by atoms with Crippen LogP contribution in [-0.4, -0.2) is 55.0 Å². The van der Waals surface area contributed by atoms with Crippen molar-refractivity contribution >= 4 is 11.6 Å². The van der Waals surface area contributed by atoms with E-state index in [2.05, 4.69) is 0 Å². The Hall–Kier alpha value is -0.760. The Morgan fingerprint density at radius 2 is 2.05 bits per heavy atom. The summed E-state index contributed by atoms with van der Waals surface area (Å²) < 4.78 is 36.2. The second-order valence-corrected chi connectivity index (χ2v) is 5.59. The molecule has 2 aliphatic heterocycles. The molecule has 2 heterocycles. The number of benzene rings is 1. The fourth-order valence-electron chi connectivity index (χ4n) is 2.63. The standard InChI is InChI=1S/C15H18ClFO5/c16-6-7-19-15-11(17)12(18)13-10(21-15)8-20-14(22-13)9-4-2-1-3-5-9/h1-5,10-15,18H,6-8H2/t10-,11-,12-,13-,14-,15-/m1/s1. The van der Waals surface area contributed by atoms with E-state index in [1.165, 1.54) is 0 Å². The molecule has 0 radical (unpaired) electrons. The topological polar surface area (TPSA) is 57.2 Å². The molecule has 0 aromatic heterocycles. The molecule has 0 spiro atoms. The molecular formula is C15H18ClFO5. The van der Waals surface area contributed by atoms with Gasteiger partial charge >= 0.3 is 0 Å². The van der Waals surface area contributed by atoms with Gasteiger partial charge in [-0.05, 0) is 0 Å².